The lowest BCUT2D eigenvalue weighted by Crippen LogP contribution is -2.14. The van der Waals surface area contributed by atoms with E-state index >= 15 is 0 Å². The molecule has 130 valence electrons. The van der Waals surface area contributed by atoms with E-state index in [1.54, 1.807) is 6.07 Å². The van der Waals surface area contributed by atoms with Crippen molar-refractivity contribution in [2.45, 2.75) is 19.3 Å². The van der Waals surface area contributed by atoms with E-state index in [9.17, 15) is 9.59 Å². The van der Waals surface area contributed by atoms with E-state index in [2.05, 4.69) is 40.6 Å². The lowest BCUT2D eigenvalue weighted by molar-refractivity contribution is -0.117. The van der Waals surface area contributed by atoms with E-state index in [0.717, 1.165) is 17.7 Å². The molecule has 1 aliphatic carbocycles. The Hall–Kier alpha value is -3.21. The summed E-state index contributed by atoms with van der Waals surface area (Å²) in [4.78, 5) is 23.7. The van der Waals surface area contributed by atoms with Gasteiger partial charge in [-0.05, 0) is 43.0 Å². The SMILES string of the molecule is Cc1cccc([C@H]2C[C@@H]2C(=O)Nc2cccc(-c3ccc(=O)[nH]n3)c2)c1. The summed E-state index contributed by atoms with van der Waals surface area (Å²) in [6.07, 6.45) is 0.885. The number of aromatic amines is 1. The monoisotopic (exact) mass is 345 g/mol. The van der Waals surface area contributed by atoms with E-state index in [1.165, 1.54) is 17.2 Å². The lowest BCUT2D eigenvalue weighted by Gasteiger charge is -2.07. The third kappa shape index (κ3) is 3.42. The summed E-state index contributed by atoms with van der Waals surface area (Å²) in [5, 5.41) is 9.45. The van der Waals surface area contributed by atoms with Gasteiger partial charge in [0.25, 0.3) is 5.56 Å². The van der Waals surface area contributed by atoms with Gasteiger partial charge in [-0.3, -0.25) is 9.59 Å². The van der Waals surface area contributed by atoms with E-state index in [-0.39, 0.29) is 17.4 Å². The van der Waals surface area contributed by atoms with Gasteiger partial charge in [-0.2, -0.15) is 5.10 Å². The van der Waals surface area contributed by atoms with Crippen LogP contribution >= 0.6 is 0 Å². The highest BCUT2D eigenvalue weighted by molar-refractivity contribution is 5.95. The van der Waals surface area contributed by atoms with Crippen LogP contribution in [0, 0.1) is 12.8 Å². The summed E-state index contributed by atoms with van der Waals surface area (Å²) in [6.45, 7) is 2.07. The van der Waals surface area contributed by atoms with Crippen molar-refractivity contribution in [1.29, 1.82) is 0 Å². The molecule has 2 N–H and O–H groups in total. The van der Waals surface area contributed by atoms with E-state index < -0.39 is 0 Å². The Balaban J connectivity index is 1.46. The summed E-state index contributed by atoms with van der Waals surface area (Å²) in [6, 6.07) is 18.9. The molecule has 1 heterocycles. The van der Waals surface area contributed by atoms with Gasteiger partial charge in [-0.1, -0.05) is 42.0 Å². The number of nitrogens with one attached hydrogen (secondary N) is 2. The van der Waals surface area contributed by atoms with Gasteiger partial charge in [0.2, 0.25) is 5.91 Å². The van der Waals surface area contributed by atoms with Gasteiger partial charge in [-0.25, -0.2) is 5.10 Å². The molecule has 5 nitrogen and oxygen atoms in total. The average molecular weight is 345 g/mol. The van der Waals surface area contributed by atoms with Gasteiger partial charge in [0, 0.05) is 23.2 Å². The van der Waals surface area contributed by atoms with Crippen molar-refractivity contribution in [1.82, 2.24) is 10.2 Å². The van der Waals surface area contributed by atoms with E-state index in [1.807, 2.05) is 30.3 Å². The molecule has 2 aromatic carbocycles. The molecule has 2 atom stereocenters. The normalized spacial score (nSPS) is 18.3. The molecule has 0 spiro atoms. The zero-order valence-corrected chi connectivity index (χ0v) is 14.4. The van der Waals surface area contributed by atoms with Crippen LogP contribution in [0.3, 0.4) is 0 Å². The first-order valence-electron chi connectivity index (χ1n) is 8.64. The van der Waals surface area contributed by atoms with Crippen LogP contribution in [-0.2, 0) is 4.79 Å². The van der Waals surface area contributed by atoms with E-state index in [4.69, 9.17) is 0 Å². The van der Waals surface area contributed by atoms with Crippen molar-refractivity contribution in [2.24, 2.45) is 5.92 Å². The molecule has 1 aliphatic rings. The van der Waals surface area contributed by atoms with Crippen molar-refractivity contribution in [2.75, 3.05) is 5.32 Å². The van der Waals surface area contributed by atoms with Crippen LogP contribution in [0.5, 0.6) is 0 Å². The van der Waals surface area contributed by atoms with Gasteiger partial charge in [0.05, 0.1) is 5.69 Å². The van der Waals surface area contributed by atoms with Crippen molar-refractivity contribution in [3.63, 3.8) is 0 Å². The second-order valence-corrected chi connectivity index (χ2v) is 6.74. The van der Waals surface area contributed by atoms with Crippen LogP contribution in [0.15, 0.2) is 65.5 Å². The molecule has 5 heteroatoms. The smallest absolute Gasteiger partial charge is 0.264 e. The summed E-state index contributed by atoms with van der Waals surface area (Å²) in [5.74, 6) is 0.369. The highest BCUT2D eigenvalue weighted by Gasteiger charge is 2.43. The highest BCUT2D eigenvalue weighted by Crippen LogP contribution is 2.48. The molecular weight excluding hydrogens is 326 g/mol. The maximum atomic E-state index is 12.6. The fourth-order valence-electron chi connectivity index (χ4n) is 3.25. The molecule has 0 bridgehead atoms. The Labute approximate surface area is 151 Å². The molecule has 4 rings (SSSR count). The number of H-pyrrole nitrogens is 1. The number of carbonyl (C=O) groups is 1. The number of rotatable bonds is 4. The molecule has 0 radical (unpaired) electrons. The molecule has 1 saturated carbocycles. The van der Waals surface area contributed by atoms with Gasteiger partial charge >= 0.3 is 0 Å². The first-order valence-corrected chi connectivity index (χ1v) is 8.64. The quantitative estimate of drug-likeness (QED) is 0.760. The number of aryl methyl sites for hydroxylation is 1. The molecule has 1 fully saturated rings. The summed E-state index contributed by atoms with van der Waals surface area (Å²) in [5.41, 5.74) is 4.44. The van der Waals surface area contributed by atoms with Crippen LogP contribution in [-0.4, -0.2) is 16.1 Å². The topological polar surface area (TPSA) is 74.8 Å². The van der Waals surface area contributed by atoms with Crippen LogP contribution in [0.25, 0.3) is 11.3 Å². The standard InChI is InChI=1S/C21H19N3O2/c1-13-4-2-5-14(10-13)17-12-18(17)21(26)22-16-7-3-6-15(11-16)19-8-9-20(25)24-23-19/h2-11,17-18H,12H2,1H3,(H,22,26)(H,24,25)/t17-,18+/m1/s1. The molecule has 26 heavy (non-hydrogen) atoms. The first kappa shape index (κ1) is 16.3. The Morgan fingerprint density at radius 3 is 2.73 bits per heavy atom. The van der Waals surface area contributed by atoms with Gasteiger partial charge < -0.3 is 5.32 Å². The minimum absolute atomic E-state index is 0.0201. The Bertz CT molecular complexity index is 1010. The summed E-state index contributed by atoms with van der Waals surface area (Å²) < 4.78 is 0. The fraction of sp³-hybridized carbons (Fsp3) is 0.190. The second kappa shape index (κ2) is 6.59. The zero-order chi connectivity index (χ0) is 18.1. The molecular formula is C21H19N3O2. The lowest BCUT2D eigenvalue weighted by atomic mass is 10.1. The summed E-state index contributed by atoms with van der Waals surface area (Å²) in [7, 11) is 0. The average Bonchev–Trinajstić information content (AvgIpc) is 3.44. The molecule has 0 unspecified atom stereocenters. The van der Waals surface area contributed by atoms with Crippen molar-refractivity contribution in [3.8, 4) is 11.3 Å². The van der Waals surface area contributed by atoms with Crippen LogP contribution in [0.4, 0.5) is 5.69 Å². The number of carbonyl (C=O) groups excluding carboxylic acids is 1. The van der Waals surface area contributed by atoms with Crippen LogP contribution in [0.2, 0.25) is 0 Å². The Morgan fingerprint density at radius 2 is 1.96 bits per heavy atom. The predicted molar refractivity (Wildman–Crippen MR) is 101 cm³/mol. The fourth-order valence-corrected chi connectivity index (χ4v) is 3.25. The highest BCUT2D eigenvalue weighted by atomic mass is 16.2. The molecule has 0 saturated heterocycles. The minimum atomic E-state index is -0.242. The third-order valence-corrected chi connectivity index (χ3v) is 4.70. The molecule has 3 aromatic rings. The largest absolute Gasteiger partial charge is 0.326 e. The maximum Gasteiger partial charge on any atom is 0.264 e. The van der Waals surface area contributed by atoms with Crippen molar-refractivity contribution in [3.05, 3.63) is 82.1 Å². The zero-order valence-electron chi connectivity index (χ0n) is 14.4. The third-order valence-electron chi connectivity index (χ3n) is 4.70. The summed E-state index contributed by atoms with van der Waals surface area (Å²) >= 11 is 0. The molecule has 1 aromatic heterocycles. The number of nitrogens with zero attached hydrogens (tertiary/aromatic N) is 1. The Morgan fingerprint density at radius 1 is 1.12 bits per heavy atom. The van der Waals surface area contributed by atoms with Crippen molar-refractivity contribution >= 4 is 11.6 Å². The minimum Gasteiger partial charge on any atom is -0.326 e. The number of hydrogen-bond donors (Lipinski definition) is 2. The number of hydrogen-bond acceptors (Lipinski definition) is 3. The Kier molecular flexibility index (Phi) is 4.13. The maximum absolute atomic E-state index is 12.6. The number of aromatic nitrogens is 2. The van der Waals surface area contributed by atoms with Crippen molar-refractivity contribution < 1.29 is 4.79 Å². The number of amides is 1. The van der Waals surface area contributed by atoms with E-state index in [0.29, 0.717) is 11.6 Å². The first-order chi connectivity index (χ1) is 12.6. The number of benzene rings is 2. The molecule has 0 aliphatic heterocycles. The van der Waals surface area contributed by atoms with Gasteiger partial charge in [0.1, 0.15) is 0 Å². The van der Waals surface area contributed by atoms with Crippen LogP contribution < -0.4 is 10.9 Å². The van der Waals surface area contributed by atoms with Gasteiger partial charge in [-0.15, -0.1) is 0 Å². The predicted octanol–water partition coefficient (Wildman–Crippen LogP) is 3.49. The molecule has 1 amide bonds. The number of anilines is 1. The second-order valence-electron chi connectivity index (χ2n) is 6.74. The van der Waals surface area contributed by atoms with Gasteiger partial charge in [0.15, 0.2) is 0 Å². The van der Waals surface area contributed by atoms with Crippen LogP contribution in [0.1, 0.15) is 23.5 Å².